The zero-order chi connectivity index (χ0) is 14.2. The highest BCUT2D eigenvalue weighted by Gasteiger charge is 2.39. The van der Waals surface area contributed by atoms with E-state index in [0.717, 1.165) is 11.0 Å². The Hall–Kier alpha value is -1.22. The number of nitrogens with zero attached hydrogens (tertiary/aromatic N) is 1. The van der Waals surface area contributed by atoms with E-state index in [1.54, 1.807) is 0 Å². The highest BCUT2D eigenvalue weighted by molar-refractivity contribution is 14.1. The maximum absolute atomic E-state index is 13.0. The van der Waals surface area contributed by atoms with Gasteiger partial charge in [0.2, 0.25) is 0 Å². The number of hydrogen-bond donors (Lipinski definition) is 2. The summed E-state index contributed by atoms with van der Waals surface area (Å²) >= 11 is 1.82. The molecule has 1 aromatic carbocycles. The van der Waals surface area contributed by atoms with Crippen molar-refractivity contribution in [3.8, 4) is 0 Å². The molecular formula is C12H11FINO4. The molecule has 102 valence electrons. The fourth-order valence-electron chi connectivity index (χ4n) is 2.09. The monoisotopic (exact) mass is 379 g/mol. The molecule has 0 aromatic heterocycles. The van der Waals surface area contributed by atoms with Gasteiger partial charge in [0, 0.05) is 16.5 Å². The summed E-state index contributed by atoms with van der Waals surface area (Å²) in [6.07, 6.45) is -0.832. The van der Waals surface area contributed by atoms with Crippen LogP contribution in [0, 0.1) is 9.39 Å². The summed E-state index contributed by atoms with van der Waals surface area (Å²) in [6, 6.07) is 2.64. The predicted octanol–water partition coefficient (Wildman–Crippen LogP) is 1.09. The van der Waals surface area contributed by atoms with Crippen molar-refractivity contribution in [2.75, 3.05) is 6.54 Å². The van der Waals surface area contributed by atoms with Gasteiger partial charge in [0.25, 0.3) is 5.91 Å². The molecule has 7 heteroatoms. The van der Waals surface area contributed by atoms with Gasteiger partial charge in [-0.2, -0.15) is 0 Å². The van der Waals surface area contributed by atoms with Crippen molar-refractivity contribution in [2.45, 2.75) is 18.6 Å². The first-order chi connectivity index (χ1) is 8.90. The summed E-state index contributed by atoms with van der Waals surface area (Å²) in [5, 5.41) is 18.6. The van der Waals surface area contributed by atoms with Crippen molar-refractivity contribution in [1.82, 2.24) is 4.90 Å². The third-order valence-corrected chi connectivity index (χ3v) is 3.88. The van der Waals surface area contributed by atoms with Crippen LogP contribution in [0.15, 0.2) is 18.2 Å². The van der Waals surface area contributed by atoms with Crippen LogP contribution in [0.25, 0.3) is 0 Å². The summed E-state index contributed by atoms with van der Waals surface area (Å²) < 4.78 is 13.4. The number of halogens is 2. The Balaban J connectivity index is 2.30. The van der Waals surface area contributed by atoms with Gasteiger partial charge in [-0.3, -0.25) is 4.79 Å². The minimum absolute atomic E-state index is 0.0127. The molecule has 0 radical (unpaired) electrons. The Kier molecular flexibility index (Phi) is 4.04. The number of hydrogen-bond acceptors (Lipinski definition) is 3. The molecule has 0 unspecified atom stereocenters. The number of amides is 1. The van der Waals surface area contributed by atoms with Crippen molar-refractivity contribution < 1.29 is 24.2 Å². The van der Waals surface area contributed by atoms with Gasteiger partial charge in [0.15, 0.2) is 0 Å². The van der Waals surface area contributed by atoms with Gasteiger partial charge in [-0.1, -0.05) is 0 Å². The lowest BCUT2D eigenvalue weighted by molar-refractivity contribution is -0.141. The van der Waals surface area contributed by atoms with Crippen LogP contribution < -0.4 is 0 Å². The molecule has 1 aromatic rings. The standard InChI is InChI=1S/C12H11FINO4/c13-6-1-2-8(9(14)3-6)11(17)15-5-7(16)4-10(15)12(18)19/h1-3,7,10,16H,4-5H2,(H,18,19)/t7-,10-/m1/s1. The van der Waals surface area contributed by atoms with E-state index in [4.69, 9.17) is 5.11 Å². The molecule has 2 atom stereocenters. The van der Waals surface area contributed by atoms with Gasteiger partial charge in [0.05, 0.1) is 11.7 Å². The Bertz CT molecular complexity index is 536. The van der Waals surface area contributed by atoms with E-state index in [0.29, 0.717) is 3.57 Å². The first-order valence-electron chi connectivity index (χ1n) is 5.57. The van der Waals surface area contributed by atoms with Crippen molar-refractivity contribution in [3.05, 3.63) is 33.1 Å². The molecular weight excluding hydrogens is 368 g/mol. The number of carboxylic acids is 1. The minimum atomic E-state index is -1.15. The lowest BCUT2D eigenvalue weighted by atomic mass is 10.1. The highest BCUT2D eigenvalue weighted by Crippen LogP contribution is 2.23. The Morgan fingerprint density at radius 2 is 2.11 bits per heavy atom. The quantitative estimate of drug-likeness (QED) is 0.755. The Labute approximate surface area is 122 Å². The van der Waals surface area contributed by atoms with Crippen LogP contribution in [0.5, 0.6) is 0 Å². The van der Waals surface area contributed by atoms with Gasteiger partial charge in [-0.05, 0) is 40.8 Å². The molecule has 1 aliphatic heterocycles. The van der Waals surface area contributed by atoms with Crippen LogP contribution in [-0.4, -0.2) is 45.7 Å². The summed E-state index contributed by atoms with van der Waals surface area (Å²) in [7, 11) is 0. The van der Waals surface area contributed by atoms with Crippen LogP contribution >= 0.6 is 22.6 Å². The minimum Gasteiger partial charge on any atom is -0.480 e. The molecule has 5 nitrogen and oxygen atoms in total. The topological polar surface area (TPSA) is 77.8 Å². The molecule has 2 N–H and O–H groups in total. The lowest BCUT2D eigenvalue weighted by Crippen LogP contribution is -2.40. The molecule has 1 aliphatic rings. The molecule has 19 heavy (non-hydrogen) atoms. The molecule has 1 amide bonds. The van der Waals surface area contributed by atoms with Crippen LogP contribution in [0.3, 0.4) is 0 Å². The number of aliphatic hydroxyl groups excluding tert-OH is 1. The van der Waals surface area contributed by atoms with Gasteiger partial charge < -0.3 is 15.1 Å². The van der Waals surface area contributed by atoms with Crippen molar-refractivity contribution in [1.29, 1.82) is 0 Å². The maximum atomic E-state index is 13.0. The Morgan fingerprint density at radius 1 is 1.42 bits per heavy atom. The molecule has 2 rings (SSSR count). The largest absolute Gasteiger partial charge is 0.480 e. The van der Waals surface area contributed by atoms with Crippen LogP contribution in [-0.2, 0) is 4.79 Å². The van der Waals surface area contributed by atoms with E-state index >= 15 is 0 Å². The normalized spacial score (nSPS) is 22.6. The van der Waals surface area contributed by atoms with E-state index in [1.807, 2.05) is 22.6 Å². The number of carbonyl (C=O) groups is 2. The van der Waals surface area contributed by atoms with E-state index in [9.17, 15) is 19.1 Å². The van der Waals surface area contributed by atoms with Gasteiger partial charge in [-0.15, -0.1) is 0 Å². The average Bonchev–Trinajstić information content (AvgIpc) is 2.70. The smallest absolute Gasteiger partial charge is 0.326 e. The first kappa shape index (κ1) is 14.2. The molecule has 0 bridgehead atoms. The van der Waals surface area contributed by atoms with E-state index < -0.39 is 29.8 Å². The molecule has 1 fully saturated rings. The van der Waals surface area contributed by atoms with Crippen LogP contribution in [0.4, 0.5) is 4.39 Å². The average molecular weight is 379 g/mol. The van der Waals surface area contributed by atoms with Gasteiger partial charge >= 0.3 is 5.97 Å². The Morgan fingerprint density at radius 3 is 2.68 bits per heavy atom. The molecule has 0 aliphatic carbocycles. The SMILES string of the molecule is O=C(O)[C@H]1C[C@@H](O)CN1C(=O)c1ccc(F)cc1I. The van der Waals surface area contributed by atoms with E-state index in [1.165, 1.54) is 12.1 Å². The maximum Gasteiger partial charge on any atom is 0.326 e. The van der Waals surface area contributed by atoms with Gasteiger partial charge in [-0.25, -0.2) is 9.18 Å². The van der Waals surface area contributed by atoms with Crippen LogP contribution in [0.1, 0.15) is 16.8 Å². The zero-order valence-electron chi connectivity index (χ0n) is 9.72. The van der Waals surface area contributed by atoms with E-state index in [2.05, 4.69) is 0 Å². The fraction of sp³-hybridized carbons (Fsp3) is 0.333. The first-order valence-corrected chi connectivity index (χ1v) is 6.65. The summed E-state index contributed by atoms with van der Waals surface area (Å²) in [4.78, 5) is 24.4. The molecule has 0 spiro atoms. The third-order valence-electron chi connectivity index (χ3n) is 2.99. The van der Waals surface area contributed by atoms with E-state index in [-0.39, 0.29) is 18.5 Å². The predicted molar refractivity (Wildman–Crippen MR) is 72.2 cm³/mol. The second kappa shape index (κ2) is 5.41. The zero-order valence-corrected chi connectivity index (χ0v) is 11.9. The second-order valence-electron chi connectivity index (χ2n) is 4.33. The fourth-order valence-corrected chi connectivity index (χ4v) is 2.80. The summed E-state index contributed by atoms with van der Waals surface area (Å²) in [5.74, 6) is -2.12. The second-order valence-corrected chi connectivity index (χ2v) is 5.49. The summed E-state index contributed by atoms with van der Waals surface area (Å²) in [6.45, 7) is -0.0245. The lowest BCUT2D eigenvalue weighted by Gasteiger charge is -2.21. The van der Waals surface area contributed by atoms with Gasteiger partial charge in [0.1, 0.15) is 11.9 Å². The number of rotatable bonds is 2. The van der Waals surface area contributed by atoms with Crippen molar-refractivity contribution >= 4 is 34.5 Å². The number of likely N-dealkylation sites (tertiary alicyclic amines) is 1. The molecule has 1 heterocycles. The molecule has 0 saturated carbocycles. The number of carboxylic acid groups (broad SMARTS) is 1. The number of aliphatic hydroxyl groups is 1. The number of carbonyl (C=O) groups excluding carboxylic acids is 1. The number of β-amino-alcohol motifs (C(OH)–C–C–N with tert-alkyl or cyclic N) is 1. The number of benzene rings is 1. The highest BCUT2D eigenvalue weighted by atomic mass is 127. The third kappa shape index (κ3) is 2.86. The van der Waals surface area contributed by atoms with Crippen molar-refractivity contribution in [3.63, 3.8) is 0 Å². The summed E-state index contributed by atoms with van der Waals surface area (Å²) in [5.41, 5.74) is 0.238. The number of aliphatic carboxylic acids is 1. The van der Waals surface area contributed by atoms with Crippen molar-refractivity contribution in [2.24, 2.45) is 0 Å². The van der Waals surface area contributed by atoms with Crippen LogP contribution in [0.2, 0.25) is 0 Å². The molecule has 1 saturated heterocycles.